The molecule has 0 radical (unpaired) electrons. The van der Waals surface area contributed by atoms with Crippen molar-refractivity contribution in [1.82, 2.24) is 0 Å². The van der Waals surface area contributed by atoms with E-state index in [9.17, 15) is 19.0 Å². The quantitative estimate of drug-likeness (QED) is 0.206. The fourth-order valence-corrected chi connectivity index (χ4v) is 2.46. The number of rotatable bonds is 15. The highest BCUT2D eigenvalue weighted by atomic mass is 31.2. The van der Waals surface area contributed by atoms with Crippen LogP contribution in [0.1, 0.15) is 46.0 Å². The minimum Gasteiger partial charge on any atom is -0.457 e. The SMILES string of the molecule is CCCCCC(=O)OC(CO)COP(=O)(O)OCC(CO)OC(=O)CC. The van der Waals surface area contributed by atoms with Crippen LogP contribution in [0.4, 0.5) is 0 Å². The Balaban J connectivity index is 4.30. The Kier molecular flexibility index (Phi) is 13.5. The number of phosphoric acid groups is 1. The van der Waals surface area contributed by atoms with Crippen LogP contribution in [0.25, 0.3) is 0 Å². The molecule has 0 heterocycles. The highest BCUT2D eigenvalue weighted by molar-refractivity contribution is 7.47. The van der Waals surface area contributed by atoms with Gasteiger partial charge in [0.1, 0.15) is 12.2 Å². The van der Waals surface area contributed by atoms with E-state index >= 15 is 0 Å². The van der Waals surface area contributed by atoms with Crippen molar-refractivity contribution in [2.24, 2.45) is 0 Å². The molecule has 0 aliphatic rings. The Bertz CT molecular complexity index is 456. The standard InChI is InChI=1S/C15H29O10P/c1-3-5-6-7-15(19)25-13(9-17)11-23-26(20,21)22-10-12(8-16)24-14(18)4-2/h12-13,16-17H,3-11H2,1-2H3,(H,20,21). The predicted octanol–water partition coefficient (Wildman–Crippen LogP) is 0.918. The summed E-state index contributed by atoms with van der Waals surface area (Å²) in [5.41, 5.74) is 0. The zero-order chi connectivity index (χ0) is 20.0. The summed E-state index contributed by atoms with van der Waals surface area (Å²) in [6.45, 7) is 1.24. The van der Waals surface area contributed by atoms with E-state index in [1.54, 1.807) is 6.92 Å². The third kappa shape index (κ3) is 12.3. The van der Waals surface area contributed by atoms with E-state index in [-0.39, 0.29) is 12.8 Å². The number of aliphatic hydroxyl groups is 2. The zero-order valence-corrected chi connectivity index (χ0v) is 16.1. The van der Waals surface area contributed by atoms with Crippen LogP contribution in [0.15, 0.2) is 0 Å². The lowest BCUT2D eigenvalue weighted by Crippen LogP contribution is -2.28. The van der Waals surface area contributed by atoms with Crippen LogP contribution >= 0.6 is 7.82 Å². The van der Waals surface area contributed by atoms with Gasteiger partial charge in [-0.05, 0) is 6.42 Å². The van der Waals surface area contributed by atoms with Gasteiger partial charge in [0, 0.05) is 12.8 Å². The van der Waals surface area contributed by atoms with Crippen LogP contribution in [0.2, 0.25) is 0 Å². The first-order chi connectivity index (χ1) is 12.3. The molecule has 0 saturated carbocycles. The molecule has 0 aromatic carbocycles. The summed E-state index contributed by atoms with van der Waals surface area (Å²) < 4.78 is 30.8. The van der Waals surface area contributed by atoms with Crippen LogP contribution in [0.5, 0.6) is 0 Å². The van der Waals surface area contributed by atoms with Crippen molar-refractivity contribution in [2.75, 3.05) is 26.4 Å². The molecule has 0 spiro atoms. The molecule has 0 rings (SSSR count). The van der Waals surface area contributed by atoms with E-state index < -0.39 is 58.4 Å². The second-order valence-electron chi connectivity index (χ2n) is 5.46. The van der Waals surface area contributed by atoms with Crippen molar-refractivity contribution in [1.29, 1.82) is 0 Å². The molecule has 0 aliphatic heterocycles. The summed E-state index contributed by atoms with van der Waals surface area (Å²) in [5.74, 6) is -1.14. The molecule has 0 bridgehead atoms. The van der Waals surface area contributed by atoms with Gasteiger partial charge in [0.05, 0.1) is 26.4 Å². The van der Waals surface area contributed by atoms with E-state index in [2.05, 4.69) is 9.05 Å². The predicted molar refractivity (Wildman–Crippen MR) is 90.1 cm³/mol. The number of hydrogen-bond acceptors (Lipinski definition) is 9. The molecule has 0 aromatic rings. The number of hydrogen-bond donors (Lipinski definition) is 3. The highest BCUT2D eigenvalue weighted by Gasteiger charge is 2.27. The Morgan fingerprint density at radius 2 is 1.42 bits per heavy atom. The van der Waals surface area contributed by atoms with E-state index in [0.717, 1.165) is 12.8 Å². The molecule has 154 valence electrons. The fourth-order valence-electron chi connectivity index (χ4n) is 1.67. The lowest BCUT2D eigenvalue weighted by molar-refractivity contribution is -0.153. The second-order valence-corrected chi connectivity index (χ2v) is 6.91. The number of ether oxygens (including phenoxy) is 2. The maximum absolute atomic E-state index is 11.8. The number of unbranched alkanes of at least 4 members (excludes halogenated alkanes) is 2. The van der Waals surface area contributed by atoms with Gasteiger partial charge in [0.2, 0.25) is 0 Å². The van der Waals surface area contributed by atoms with Crippen molar-refractivity contribution >= 4 is 19.8 Å². The first-order valence-electron chi connectivity index (χ1n) is 8.50. The number of carbonyl (C=O) groups excluding carboxylic acids is 2. The average molecular weight is 400 g/mol. The van der Waals surface area contributed by atoms with Crippen LogP contribution in [0, 0.1) is 0 Å². The third-order valence-electron chi connectivity index (χ3n) is 3.12. The smallest absolute Gasteiger partial charge is 0.457 e. The number of phosphoric ester groups is 1. The van der Waals surface area contributed by atoms with Crippen LogP contribution in [0.3, 0.4) is 0 Å². The van der Waals surface area contributed by atoms with Crippen molar-refractivity contribution in [3.8, 4) is 0 Å². The zero-order valence-electron chi connectivity index (χ0n) is 15.2. The largest absolute Gasteiger partial charge is 0.472 e. The fraction of sp³-hybridized carbons (Fsp3) is 0.867. The van der Waals surface area contributed by atoms with Crippen LogP contribution in [-0.4, -0.2) is 65.7 Å². The number of esters is 2. The molecule has 11 heteroatoms. The topological polar surface area (TPSA) is 149 Å². The second kappa shape index (κ2) is 14.1. The summed E-state index contributed by atoms with van der Waals surface area (Å²) in [6.07, 6.45) is 0.479. The van der Waals surface area contributed by atoms with Crippen molar-refractivity contribution in [3.63, 3.8) is 0 Å². The van der Waals surface area contributed by atoms with Gasteiger partial charge in [0.15, 0.2) is 0 Å². The first kappa shape index (κ1) is 25.0. The number of aliphatic hydroxyl groups excluding tert-OH is 2. The number of carbonyl (C=O) groups is 2. The normalized spacial score (nSPS) is 15.7. The maximum atomic E-state index is 11.8. The van der Waals surface area contributed by atoms with Gasteiger partial charge in [-0.1, -0.05) is 26.7 Å². The summed E-state index contributed by atoms with van der Waals surface area (Å²) >= 11 is 0. The molecule has 0 fully saturated rings. The van der Waals surface area contributed by atoms with Crippen molar-refractivity contribution in [2.45, 2.75) is 58.2 Å². The minimum atomic E-state index is -4.55. The molecule has 3 N–H and O–H groups in total. The summed E-state index contributed by atoms with van der Waals surface area (Å²) in [6, 6.07) is 0. The third-order valence-corrected chi connectivity index (χ3v) is 4.07. The molecule has 3 unspecified atom stereocenters. The van der Waals surface area contributed by atoms with Gasteiger partial charge in [0.25, 0.3) is 0 Å². The average Bonchev–Trinajstić information content (AvgIpc) is 2.62. The molecule has 10 nitrogen and oxygen atoms in total. The minimum absolute atomic E-state index is 0.0750. The van der Waals surface area contributed by atoms with Gasteiger partial charge in [-0.15, -0.1) is 0 Å². The Hall–Kier alpha value is -1.03. The van der Waals surface area contributed by atoms with Crippen LogP contribution in [-0.2, 0) is 32.7 Å². The van der Waals surface area contributed by atoms with Gasteiger partial charge >= 0.3 is 19.8 Å². The van der Waals surface area contributed by atoms with E-state index in [0.29, 0.717) is 6.42 Å². The Morgan fingerprint density at radius 1 is 0.923 bits per heavy atom. The maximum Gasteiger partial charge on any atom is 0.472 e. The van der Waals surface area contributed by atoms with Gasteiger partial charge in [-0.3, -0.25) is 18.6 Å². The van der Waals surface area contributed by atoms with Crippen molar-refractivity contribution in [3.05, 3.63) is 0 Å². The molecule has 3 atom stereocenters. The van der Waals surface area contributed by atoms with E-state index in [4.69, 9.17) is 19.7 Å². The summed E-state index contributed by atoms with van der Waals surface area (Å²) in [7, 11) is -4.55. The van der Waals surface area contributed by atoms with Gasteiger partial charge in [-0.25, -0.2) is 4.57 Å². The monoisotopic (exact) mass is 400 g/mol. The Morgan fingerprint density at radius 3 is 1.85 bits per heavy atom. The summed E-state index contributed by atoms with van der Waals surface area (Å²) in [5, 5.41) is 18.2. The van der Waals surface area contributed by atoms with Gasteiger partial charge < -0.3 is 24.6 Å². The van der Waals surface area contributed by atoms with Crippen molar-refractivity contribution < 1.29 is 47.8 Å². The lowest BCUT2D eigenvalue weighted by atomic mass is 10.2. The van der Waals surface area contributed by atoms with Gasteiger partial charge in [-0.2, -0.15) is 0 Å². The molecule has 26 heavy (non-hydrogen) atoms. The lowest BCUT2D eigenvalue weighted by Gasteiger charge is -2.20. The molecule has 0 saturated heterocycles. The molecule has 0 amide bonds. The molecular formula is C15H29O10P. The molecule has 0 aromatic heterocycles. The van der Waals surface area contributed by atoms with E-state index in [1.165, 1.54) is 0 Å². The van der Waals surface area contributed by atoms with E-state index in [1.807, 2.05) is 6.92 Å². The van der Waals surface area contributed by atoms with Crippen LogP contribution < -0.4 is 0 Å². The first-order valence-corrected chi connectivity index (χ1v) is 10.00. The Labute approximate surface area is 153 Å². The summed E-state index contributed by atoms with van der Waals surface area (Å²) in [4.78, 5) is 32.3. The molecule has 0 aliphatic carbocycles. The molecular weight excluding hydrogens is 371 g/mol. The highest BCUT2D eigenvalue weighted by Crippen LogP contribution is 2.43.